The molecule has 1 atom stereocenters. The number of rotatable bonds is 2. The molecule has 72 valence electrons. The summed E-state index contributed by atoms with van der Waals surface area (Å²) in [6, 6.07) is 3.11. The highest BCUT2D eigenvalue weighted by molar-refractivity contribution is 9.10. The average molecular weight is 246 g/mol. The average Bonchev–Trinajstić information content (AvgIpc) is 2.07. The minimum Gasteiger partial charge on any atom is -0.507 e. The van der Waals surface area contributed by atoms with Crippen LogP contribution in [0, 0.1) is 0 Å². The van der Waals surface area contributed by atoms with Crippen LogP contribution in [-0.2, 0) is 0 Å². The molecule has 0 amide bonds. The zero-order valence-corrected chi connectivity index (χ0v) is 9.13. The van der Waals surface area contributed by atoms with Gasteiger partial charge in [0, 0.05) is 17.7 Å². The van der Waals surface area contributed by atoms with Gasteiger partial charge in [-0.2, -0.15) is 0 Å². The Balaban J connectivity index is 3.20. The summed E-state index contributed by atoms with van der Waals surface area (Å²) < 4.78 is 5.80. The van der Waals surface area contributed by atoms with Crippen molar-refractivity contribution in [1.29, 1.82) is 0 Å². The van der Waals surface area contributed by atoms with E-state index in [2.05, 4.69) is 15.9 Å². The molecule has 3 nitrogen and oxygen atoms in total. The van der Waals surface area contributed by atoms with Crippen LogP contribution in [0.15, 0.2) is 16.6 Å². The van der Waals surface area contributed by atoms with Crippen molar-refractivity contribution in [2.45, 2.75) is 13.0 Å². The number of nitrogens with two attached hydrogens (primary N) is 1. The standard InChI is InChI=1S/C9H12BrNO2/c1-5(11)6-3-7(10)9(13-2)4-8(6)12/h3-5,12H,11H2,1-2H3. The number of hydrogen-bond donors (Lipinski definition) is 2. The number of benzene rings is 1. The highest BCUT2D eigenvalue weighted by Crippen LogP contribution is 2.34. The van der Waals surface area contributed by atoms with Crippen molar-refractivity contribution < 1.29 is 9.84 Å². The van der Waals surface area contributed by atoms with E-state index in [9.17, 15) is 5.11 Å². The zero-order valence-electron chi connectivity index (χ0n) is 7.54. The molecular weight excluding hydrogens is 234 g/mol. The first-order valence-electron chi connectivity index (χ1n) is 3.88. The number of methoxy groups -OCH3 is 1. The van der Waals surface area contributed by atoms with Crippen LogP contribution < -0.4 is 10.5 Å². The highest BCUT2D eigenvalue weighted by Gasteiger charge is 2.10. The van der Waals surface area contributed by atoms with Crippen LogP contribution in [0.25, 0.3) is 0 Å². The Morgan fingerprint density at radius 1 is 1.54 bits per heavy atom. The number of phenols is 1. The van der Waals surface area contributed by atoms with E-state index in [1.54, 1.807) is 19.2 Å². The number of halogens is 1. The number of aromatic hydroxyl groups is 1. The van der Waals surface area contributed by atoms with Crippen LogP contribution >= 0.6 is 15.9 Å². The van der Waals surface area contributed by atoms with Gasteiger partial charge in [-0.25, -0.2) is 0 Å². The molecule has 1 aromatic rings. The molecule has 3 N–H and O–H groups in total. The molecule has 0 spiro atoms. The summed E-state index contributed by atoms with van der Waals surface area (Å²) in [5.74, 6) is 0.761. The molecule has 0 aromatic heterocycles. The lowest BCUT2D eigenvalue weighted by Crippen LogP contribution is -2.05. The maximum absolute atomic E-state index is 9.54. The second-order valence-electron chi connectivity index (χ2n) is 2.83. The fraction of sp³-hybridized carbons (Fsp3) is 0.333. The lowest BCUT2D eigenvalue weighted by atomic mass is 10.1. The van der Waals surface area contributed by atoms with Gasteiger partial charge in [0.1, 0.15) is 11.5 Å². The van der Waals surface area contributed by atoms with Crippen LogP contribution in [0.2, 0.25) is 0 Å². The SMILES string of the molecule is COc1cc(O)c(C(C)N)cc1Br. The van der Waals surface area contributed by atoms with Gasteiger partial charge in [-0.3, -0.25) is 0 Å². The Morgan fingerprint density at radius 2 is 2.15 bits per heavy atom. The summed E-state index contributed by atoms with van der Waals surface area (Å²) in [7, 11) is 1.55. The molecule has 0 aliphatic heterocycles. The van der Waals surface area contributed by atoms with Crippen molar-refractivity contribution in [2.24, 2.45) is 5.73 Å². The molecule has 1 aromatic carbocycles. The lowest BCUT2D eigenvalue weighted by molar-refractivity contribution is 0.403. The van der Waals surface area contributed by atoms with Crippen LogP contribution in [0.1, 0.15) is 18.5 Å². The molecule has 13 heavy (non-hydrogen) atoms. The predicted molar refractivity (Wildman–Crippen MR) is 55.0 cm³/mol. The first-order chi connectivity index (χ1) is 6.06. The molecule has 0 aliphatic rings. The molecule has 0 bridgehead atoms. The van der Waals surface area contributed by atoms with Gasteiger partial charge < -0.3 is 15.6 Å². The van der Waals surface area contributed by atoms with Crippen LogP contribution in [-0.4, -0.2) is 12.2 Å². The van der Waals surface area contributed by atoms with Gasteiger partial charge in [0.15, 0.2) is 0 Å². The Kier molecular flexibility index (Phi) is 3.17. The van der Waals surface area contributed by atoms with E-state index in [1.165, 1.54) is 0 Å². The minimum atomic E-state index is -0.192. The summed E-state index contributed by atoms with van der Waals surface area (Å²) in [6.45, 7) is 1.81. The van der Waals surface area contributed by atoms with Crippen LogP contribution in [0.4, 0.5) is 0 Å². The smallest absolute Gasteiger partial charge is 0.136 e. The van der Waals surface area contributed by atoms with Crippen molar-refractivity contribution in [2.75, 3.05) is 7.11 Å². The number of hydrogen-bond acceptors (Lipinski definition) is 3. The predicted octanol–water partition coefficient (Wildman–Crippen LogP) is 2.18. The fourth-order valence-corrected chi connectivity index (χ4v) is 1.60. The van der Waals surface area contributed by atoms with Gasteiger partial charge in [0.05, 0.1) is 11.6 Å². The Hall–Kier alpha value is -0.740. The molecule has 0 radical (unpaired) electrons. The minimum absolute atomic E-state index is 0.162. The largest absolute Gasteiger partial charge is 0.507 e. The molecule has 1 unspecified atom stereocenters. The maximum atomic E-state index is 9.54. The summed E-state index contributed by atoms with van der Waals surface area (Å²) in [6.07, 6.45) is 0. The van der Waals surface area contributed by atoms with Crippen LogP contribution in [0.5, 0.6) is 11.5 Å². The molecule has 0 saturated carbocycles. The van der Waals surface area contributed by atoms with Crippen LogP contribution in [0.3, 0.4) is 0 Å². The normalized spacial score (nSPS) is 12.6. The van der Waals surface area contributed by atoms with E-state index >= 15 is 0 Å². The van der Waals surface area contributed by atoms with Crippen molar-refractivity contribution in [3.63, 3.8) is 0 Å². The lowest BCUT2D eigenvalue weighted by Gasteiger charge is -2.11. The van der Waals surface area contributed by atoms with E-state index in [0.717, 1.165) is 4.47 Å². The van der Waals surface area contributed by atoms with Gasteiger partial charge >= 0.3 is 0 Å². The molecule has 0 aliphatic carbocycles. The first-order valence-corrected chi connectivity index (χ1v) is 4.67. The molecule has 0 saturated heterocycles. The van der Waals surface area contributed by atoms with Crippen molar-refractivity contribution in [3.05, 3.63) is 22.2 Å². The Morgan fingerprint density at radius 3 is 2.62 bits per heavy atom. The van der Waals surface area contributed by atoms with E-state index in [0.29, 0.717) is 11.3 Å². The van der Waals surface area contributed by atoms with E-state index in [1.807, 2.05) is 6.92 Å². The van der Waals surface area contributed by atoms with E-state index < -0.39 is 0 Å². The fourth-order valence-electron chi connectivity index (χ4n) is 1.08. The van der Waals surface area contributed by atoms with Crippen molar-refractivity contribution >= 4 is 15.9 Å². The maximum Gasteiger partial charge on any atom is 0.136 e. The van der Waals surface area contributed by atoms with Crippen molar-refractivity contribution in [3.8, 4) is 11.5 Å². The number of ether oxygens (including phenoxy) is 1. The summed E-state index contributed by atoms with van der Waals surface area (Å²) in [5.41, 5.74) is 6.35. The molecule has 0 heterocycles. The van der Waals surface area contributed by atoms with Gasteiger partial charge in [-0.05, 0) is 28.9 Å². The quantitative estimate of drug-likeness (QED) is 0.840. The second kappa shape index (κ2) is 3.98. The van der Waals surface area contributed by atoms with Gasteiger partial charge in [0.25, 0.3) is 0 Å². The third-order valence-electron chi connectivity index (χ3n) is 1.79. The summed E-state index contributed by atoms with van der Waals surface area (Å²) >= 11 is 3.32. The molecule has 0 fully saturated rings. The third-order valence-corrected chi connectivity index (χ3v) is 2.41. The van der Waals surface area contributed by atoms with Gasteiger partial charge in [-0.1, -0.05) is 0 Å². The number of phenolic OH excluding ortho intramolecular Hbond substituents is 1. The molecule has 4 heteroatoms. The zero-order chi connectivity index (χ0) is 10.0. The monoisotopic (exact) mass is 245 g/mol. The molecular formula is C9H12BrNO2. The van der Waals surface area contributed by atoms with Gasteiger partial charge in [-0.15, -0.1) is 0 Å². The Labute approximate surface area is 85.6 Å². The highest BCUT2D eigenvalue weighted by atomic mass is 79.9. The second-order valence-corrected chi connectivity index (χ2v) is 3.69. The van der Waals surface area contributed by atoms with E-state index in [-0.39, 0.29) is 11.8 Å². The first kappa shape index (κ1) is 10.3. The van der Waals surface area contributed by atoms with Gasteiger partial charge in [0.2, 0.25) is 0 Å². The van der Waals surface area contributed by atoms with E-state index in [4.69, 9.17) is 10.5 Å². The summed E-state index contributed by atoms with van der Waals surface area (Å²) in [4.78, 5) is 0. The summed E-state index contributed by atoms with van der Waals surface area (Å²) in [5, 5.41) is 9.54. The third kappa shape index (κ3) is 2.14. The van der Waals surface area contributed by atoms with Crippen molar-refractivity contribution in [1.82, 2.24) is 0 Å². The Bertz CT molecular complexity index is 313. The molecule has 1 rings (SSSR count). The topological polar surface area (TPSA) is 55.5 Å².